The lowest BCUT2D eigenvalue weighted by Crippen LogP contribution is -2.38. The van der Waals surface area contributed by atoms with Crippen LogP contribution in [-0.4, -0.2) is 30.8 Å². The Balaban J connectivity index is 1.84. The van der Waals surface area contributed by atoms with E-state index in [1.807, 2.05) is 26.8 Å². The Bertz CT molecular complexity index is 646. The van der Waals surface area contributed by atoms with Crippen molar-refractivity contribution >= 4 is 29.2 Å². The molecule has 2 fully saturated rings. The van der Waals surface area contributed by atoms with Gasteiger partial charge in [-0.25, -0.2) is 0 Å². The van der Waals surface area contributed by atoms with Crippen LogP contribution in [0.3, 0.4) is 0 Å². The van der Waals surface area contributed by atoms with Gasteiger partial charge in [-0.15, -0.1) is 0 Å². The molecular weight excluding hydrogens is 349 g/mol. The summed E-state index contributed by atoms with van der Waals surface area (Å²) in [5.41, 5.74) is 1.07. The van der Waals surface area contributed by atoms with E-state index in [9.17, 15) is 4.79 Å². The Kier molecular flexibility index (Phi) is 4.86. The molecule has 2 saturated heterocycles. The van der Waals surface area contributed by atoms with Crippen molar-refractivity contribution in [1.82, 2.24) is 5.32 Å². The van der Waals surface area contributed by atoms with E-state index in [0.29, 0.717) is 29.1 Å². The predicted octanol–water partition coefficient (Wildman–Crippen LogP) is 3.86. The minimum Gasteiger partial charge on any atom is -0.460 e. The molecular formula is C18H23Cl2NO3. The van der Waals surface area contributed by atoms with E-state index in [-0.39, 0.29) is 18.0 Å². The van der Waals surface area contributed by atoms with Gasteiger partial charge in [0.1, 0.15) is 11.2 Å². The number of esters is 1. The molecule has 1 aromatic carbocycles. The molecule has 1 aromatic rings. The molecule has 3 rings (SSSR count). The Morgan fingerprint density at radius 1 is 1.42 bits per heavy atom. The fourth-order valence-electron chi connectivity index (χ4n) is 3.51. The first kappa shape index (κ1) is 18.0. The summed E-state index contributed by atoms with van der Waals surface area (Å²) in [4.78, 5) is 12.1. The molecule has 2 unspecified atom stereocenters. The van der Waals surface area contributed by atoms with Crippen molar-refractivity contribution in [3.63, 3.8) is 0 Å². The van der Waals surface area contributed by atoms with Crippen molar-refractivity contribution in [2.24, 2.45) is 0 Å². The van der Waals surface area contributed by atoms with Gasteiger partial charge in [0, 0.05) is 19.0 Å². The molecule has 0 aliphatic carbocycles. The molecule has 0 spiro atoms. The van der Waals surface area contributed by atoms with Crippen molar-refractivity contribution in [1.29, 1.82) is 0 Å². The topological polar surface area (TPSA) is 47.6 Å². The van der Waals surface area contributed by atoms with Crippen LogP contribution in [0.4, 0.5) is 0 Å². The largest absolute Gasteiger partial charge is 0.460 e. The molecule has 2 aliphatic heterocycles. The van der Waals surface area contributed by atoms with Crippen LogP contribution in [0, 0.1) is 0 Å². The molecule has 132 valence electrons. The summed E-state index contributed by atoms with van der Waals surface area (Å²) in [6.07, 6.45) is 1.67. The van der Waals surface area contributed by atoms with E-state index in [2.05, 4.69) is 5.32 Å². The normalized spacial score (nSPS) is 26.0. The highest BCUT2D eigenvalue weighted by atomic mass is 35.5. The van der Waals surface area contributed by atoms with Gasteiger partial charge in [0.05, 0.1) is 16.7 Å². The first-order chi connectivity index (χ1) is 11.2. The van der Waals surface area contributed by atoms with Crippen molar-refractivity contribution in [3.05, 3.63) is 33.3 Å². The predicted molar refractivity (Wildman–Crippen MR) is 94.7 cm³/mol. The number of hydrogen-bond donors (Lipinski definition) is 1. The third-order valence-electron chi connectivity index (χ3n) is 4.50. The number of benzene rings is 1. The number of fused-ring (bicyclic) bond motifs is 2. The quantitative estimate of drug-likeness (QED) is 0.816. The smallest absolute Gasteiger partial charge is 0.306 e. The van der Waals surface area contributed by atoms with Gasteiger partial charge >= 0.3 is 5.97 Å². The molecule has 2 aliphatic rings. The number of ether oxygens (including phenoxy) is 2. The molecule has 2 bridgehead atoms. The van der Waals surface area contributed by atoms with Crippen LogP contribution in [0.5, 0.6) is 0 Å². The fourth-order valence-corrected chi connectivity index (χ4v) is 3.94. The zero-order valence-corrected chi connectivity index (χ0v) is 15.8. The standard InChI is InChI=1S/C18H23Cl2NO3/c1-17(2,3)24-15(22)7-4-12-13(5-6-14(19)16(12)20)18-8-11(9-23-18)21-10-18/h5-6,11,21H,4,7-10H2,1-3H3. The van der Waals surface area contributed by atoms with E-state index in [1.54, 1.807) is 6.07 Å². The van der Waals surface area contributed by atoms with Crippen LogP contribution in [-0.2, 0) is 26.3 Å². The maximum absolute atomic E-state index is 12.1. The van der Waals surface area contributed by atoms with Crippen molar-refractivity contribution in [2.75, 3.05) is 13.2 Å². The molecule has 4 nitrogen and oxygen atoms in total. The van der Waals surface area contributed by atoms with Crippen LogP contribution < -0.4 is 5.32 Å². The van der Waals surface area contributed by atoms with Crippen LogP contribution >= 0.6 is 23.2 Å². The van der Waals surface area contributed by atoms with Crippen molar-refractivity contribution < 1.29 is 14.3 Å². The van der Waals surface area contributed by atoms with Crippen molar-refractivity contribution in [2.45, 2.75) is 57.3 Å². The molecule has 6 heteroatoms. The van der Waals surface area contributed by atoms with Gasteiger partial charge < -0.3 is 14.8 Å². The lowest BCUT2D eigenvalue weighted by molar-refractivity contribution is -0.154. The number of carbonyl (C=O) groups is 1. The van der Waals surface area contributed by atoms with E-state index in [1.165, 1.54) is 0 Å². The summed E-state index contributed by atoms with van der Waals surface area (Å²) in [7, 11) is 0. The highest BCUT2D eigenvalue weighted by Gasteiger charge is 2.48. The van der Waals surface area contributed by atoms with Crippen LogP contribution in [0.1, 0.15) is 44.7 Å². The number of nitrogens with one attached hydrogen (secondary N) is 1. The highest BCUT2D eigenvalue weighted by molar-refractivity contribution is 6.42. The number of carbonyl (C=O) groups excluding carboxylic acids is 1. The lowest BCUT2D eigenvalue weighted by Gasteiger charge is -2.30. The SMILES string of the molecule is CC(C)(C)OC(=O)CCc1c(C23CNC(CO2)C3)ccc(Cl)c1Cl. The summed E-state index contributed by atoms with van der Waals surface area (Å²) >= 11 is 12.7. The summed E-state index contributed by atoms with van der Waals surface area (Å²) in [6, 6.07) is 4.17. The van der Waals surface area contributed by atoms with Gasteiger partial charge in [0.25, 0.3) is 0 Å². The maximum atomic E-state index is 12.1. The van der Waals surface area contributed by atoms with Gasteiger partial charge in [-0.05, 0) is 50.8 Å². The molecule has 24 heavy (non-hydrogen) atoms. The average molecular weight is 372 g/mol. The summed E-state index contributed by atoms with van der Waals surface area (Å²) < 4.78 is 11.5. The monoisotopic (exact) mass is 371 g/mol. The van der Waals surface area contributed by atoms with Crippen LogP contribution in [0.25, 0.3) is 0 Å². The Labute approximate surface area is 152 Å². The van der Waals surface area contributed by atoms with Gasteiger partial charge in [0.15, 0.2) is 0 Å². The summed E-state index contributed by atoms with van der Waals surface area (Å²) in [6.45, 7) is 7.04. The zero-order valence-electron chi connectivity index (χ0n) is 14.2. The maximum Gasteiger partial charge on any atom is 0.306 e. The van der Waals surface area contributed by atoms with E-state index in [4.69, 9.17) is 32.7 Å². The minimum atomic E-state index is -0.492. The number of hydrogen-bond acceptors (Lipinski definition) is 4. The van der Waals surface area contributed by atoms with E-state index >= 15 is 0 Å². The van der Waals surface area contributed by atoms with Crippen LogP contribution in [0.2, 0.25) is 10.0 Å². The van der Waals surface area contributed by atoms with Gasteiger partial charge in [-0.1, -0.05) is 29.3 Å². The second kappa shape index (κ2) is 6.49. The average Bonchev–Trinajstić information content (AvgIpc) is 3.08. The fraction of sp³-hybridized carbons (Fsp3) is 0.611. The molecule has 0 aromatic heterocycles. The van der Waals surface area contributed by atoms with Gasteiger partial charge in [-0.2, -0.15) is 0 Å². The number of rotatable bonds is 4. The second-order valence-corrected chi connectivity index (χ2v) is 8.35. The number of halogens is 2. The highest BCUT2D eigenvalue weighted by Crippen LogP contribution is 2.44. The Morgan fingerprint density at radius 2 is 2.17 bits per heavy atom. The Morgan fingerprint density at radius 3 is 2.71 bits per heavy atom. The van der Waals surface area contributed by atoms with Gasteiger partial charge in [0.2, 0.25) is 0 Å². The third kappa shape index (κ3) is 3.57. The molecule has 2 heterocycles. The lowest BCUT2D eigenvalue weighted by atomic mass is 9.87. The molecule has 0 amide bonds. The molecule has 0 saturated carbocycles. The first-order valence-electron chi connectivity index (χ1n) is 8.27. The van der Waals surface area contributed by atoms with Crippen molar-refractivity contribution in [3.8, 4) is 0 Å². The van der Waals surface area contributed by atoms with E-state index < -0.39 is 5.60 Å². The third-order valence-corrected chi connectivity index (χ3v) is 5.34. The molecule has 2 atom stereocenters. The number of morpholine rings is 1. The molecule has 0 radical (unpaired) electrons. The van der Waals surface area contributed by atoms with Crippen LogP contribution in [0.15, 0.2) is 12.1 Å². The van der Waals surface area contributed by atoms with E-state index in [0.717, 1.165) is 24.1 Å². The minimum absolute atomic E-state index is 0.239. The zero-order chi connectivity index (χ0) is 17.5. The summed E-state index contributed by atoms with van der Waals surface area (Å²) in [5, 5.41) is 4.46. The second-order valence-electron chi connectivity index (χ2n) is 7.56. The summed E-state index contributed by atoms with van der Waals surface area (Å²) in [5.74, 6) is -0.239. The Hall–Kier alpha value is -0.810. The molecule has 1 N–H and O–H groups in total. The van der Waals surface area contributed by atoms with Gasteiger partial charge in [-0.3, -0.25) is 4.79 Å². The first-order valence-corrected chi connectivity index (χ1v) is 9.02.